The lowest BCUT2D eigenvalue weighted by Gasteiger charge is -2.29. The van der Waals surface area contributed by atoms with Gasteiger partial charge in [0.2, 0.25) is 0 Å². The highest BCUT2D eigenvalue weighted by Gasteiger charge is 2.50. The normalized spacial score (nSPS) is 31.7. The third kappa shape index (κ3) is 2.42. The van der Waals surface area contributed by atoms with E-state index in [1.807, 2.05) is 0 Å². The Kier molecular flexibility index (Phi) is 3.46. The molecule has 0 aliphatic heterocycles. The molecule has 0 aromatic heterocycles. The van der Waals surface area contributed by atoms with Gasteiger partial charge >= 0.3 is 5.97 Å². The molecule has 1 aromatic carbocycles. The molecule has 0 saturated heterocycles. The molecule has 5 heteroatoms. The van der Waals surface area contributed by atoms with Crippen LogP contribution in [0.1, 0.15) is 24.8 Å². The zero-order chi connectivity index (χ0) is 14.3. The van der Waals surface area contributed by atoms with E-state index < -0.39 is 17.6 Å². The molecule has 2 N–H and O–H groups in total. The maximum atomic E-state index is 13.1. The molecular weight excluding hydrogens is 264 g/mol. The molecule has 2 bridgehead atoms. The Bertz CT molecular complexity index is 514. The average molecular weight is 281 g/mol. The van der Waals surface area contributed by atoms with Gasteiger partial charge in [-0.2, -0.15) is 0 Å². The highest BCUT2D eigenvalue weighted by molar-refractivity contribution is 5.72. The Hall–Kier alpha value is -1.49. The van der Waals surface area contributed by atoms with Crippen molar-refractivity contribution in [2.45, 2.75) is 31.8 Å². The van der Waals surface area contributed by atoms with Crippen LogP contribution in [-0.2, 0) is 11.3 Å². The van der Waals surface area contributed by atoms with E-state index in [-0.39, 0.29) is 17.9 Å². The summed E-state index contributed by atoms with van der Waals surface area (Å²) in [5, 5.41) is 12.5. The Labute approximate surface area is 116 Å². The predicted octanol–water partition coefficient (Wildman–Crippen LogP) is 2.55. The van der Waals surface area contributed by atoms with Crippen molar-refractivity contribution in [2.75, 3.05) is 0 Å². The number of aliphatic carboxylic acids is 1. The van der Waals surface area contributed by atoms with Gasteiger partial charge in [0.1, 0.15) is 11.6 Å². The van der Waals surface area contributed by atoms with Gasteiger partial charge in [-0.1, -0.05) is 0 Å². The molecule has 0 amide bonds. The monoisotopic (exact) mass is 281 g/mol. The predicted molar refractivity (Wildman–Crippen MR) is 68.9 cm³/mol. The van der Waals surface area contributed by atoms with E-state index in [0.717, 1.165) is 25.3 Å². The summed E-state index contributed by atoms with van der Waals surface area (Å²) in [6.45, 7) is 0.298. The van der Waals surface area contributed by atoms with Crippen molar-refractivity contribution >= 4 is 5.97 Å². The van der Waals surface area contributed by atoms with Gasteiger partial charge < -0.3 is 10.4 Å². The molecule has 2 fully saturated rings. The molecule has 0 radical (unpaired) electrons. The lowest BCUT2D eigenvalue weighted by atomic mass is 9.84. The zero-order valence-electron chi connectivity index (χ0n) is 11.0. The van der Waals surface area contributed by atoms with Crippen LogP contribution in [0.15, 0.2) is 18.2 Å². The zero-order valence-corrected chi connectivity index (χ0v) is 11.0. The van der Waals surface area contributed by atoms with E-state index in [1.165, 1.54) is 12.1 Å². The number of carboxylic acids is 1. The van der Waals surface area contributed by atoms with Gasteiger partial charge in [-0.25, -0.2) is 8.78 Å². The summed E-state index contributed by atoms with van der Waals surface area (Å²) in [4.78, 5) is 11.4. The highest BCUT2D eigenvalue weighted by Crippen LogP contribution is 2.48. The van der Waals surface area contributed by atoms with Crippen LogP contribution in [0.2, 0.25) is 0 Å². The summed E-state index contributed by atoms with van der Waals surface area (Å²) < 4.78 is 26.2. The summed E-state index contributed by atoms with van der Waals surface area (Å²) in [7, 11) is 0. The molecular formula is C15H17F2NO2. The summed E-state index contributed by atoms with van der Waals surface area (Å²) in [5.74, 6) is -1.72. The van der Waals surface area contributed by atoms with Crippen LogP contribution in [0.25, 0.3) is 0 Å². The third-order valence-corrected chi connectivity index (χ3v) is 4.67. The van der Waals surface area contributed by atoms with E-state index in [2.05, 4.69) is 5.32 Å². The second-order valence-corrected chi connectivity index (χ2v) is 5.88. The smallest absolute Gasteiger partial charge is 0.308 e. The molecule has 4 unspecified atom stereocenters. The quantitative estimate of drug-likeness (QED) is 0.891. The summed E-state index contributed by atoms with van der Waals surface area (Å²) in [5.41, 5.74) is 0.509. The number of nitrogens with one attached hydrogen (secondary N) is 1. The van der Waals surface area contributed by atoms with Crippen molar-refractivity contribution in [1.29, 1.82) is 0 Å². The first-order chi connectivity index (χ1) is 9.54. The number of hydrogen-bond donors (Lipinski definition) is 2. The first-order valence-corrected chi connectivity index (χ1v) is 6.96. The van der Waals surface area contributed by atoms with E-state index >= 15 is 0 Å². The van der Waals surface area contributed by atoms with Crippen molar-refractivity contribution in [2.24, 2.45) is 17.8 Å². The Balaban J connectivity index is 1.69. The van der Waals surface area contributed by atoms with Gasteiger partial charge in [0.25, 0.3) is 0 Å². The Morgan fingerprint density at radius 3 is 2.50 bits per heavy atom. The van der Waals surface area contributed by atoms with Crippen molar-refractivity contribution < 1.29 is 18.7 Å². The first kappa shape index (κ1) is 13.5. The van der Waals surface area contributed by atoms with Crippen LogP contribution < -0.4 is 5.32 Å². The van der Waals surface area contributed by atoms with Gasteiger partial charge in [-0.05, 0) is 48.8 Å². The van der Waals surface area contributed by atoms with Crippen LogP contribution in [-0.4, -0.2) is 17.1 Å². The molecule has 0 heterocycles. The van der Waals surface area contributed by atoms with Gasteiger partial charge in [-0.3, -0.25) is 4.79 Å². The fourth-order valence-corrected chi connectivity index (χ4v) is 3.89. The van der Waals surface area contributed by atoms with Crippen LogP contribution in [0.3, 0.4) is 0 Å². The van der Waals surface area contributed by atoms with Crippen LogP contribution in [0.5, 0.6) is 0 Å². The van der Waals surface area contributed by atoms with Crippen LogP contribution in [0, 0.1) is 29.4 Å². The van der Waals surface area contributed by atoms with Gasteiger partial charge in [0.15, 0.2) is 0 Å². The largest absolute Gasteiger partial charge is 0.481 e. The Morgan fingerprint density at radius 1 is 1.20 bits per heavy atom. The van der Waals surface area contributed by atoms with E-state index in [1.54, 1.807) is 0 Å². The van der Waals surface area contributed by atoms with Crippen molar-refractivity contribution in [3.05, 3.63) is 35.4 Å². The fraction of sp³-hybridized carbons (Fsp3) is 0.533. The Morgan fingerprint density at radius 2 is 1.85 bits per heavy atom. The maximum absolute atomic E-state index is 13.1. The molecule has 108 valence electrons. The average Bonchev–Trinajstić information content (AvgIpc) is 2.95. The number of fused-ring (bicyclic) bond motifs is 2. The summed E-state index contributed by atoms with van der Waals surface area (Å²) >= 11 is 0. The van der Waals surface area contributed by atoms with Gasteiger partial charge in [0, 0.05) is 18.7 Å². The SMILES string of the molecule is O=C(O)C1C2CCC(C2)C1NCc1cc(F)cc(F)c1. The molecule has 3 nitrogen and oxygen atoms in total. The summed E-state index contributed by atoms with van der Waals surface area (Å²) in [6, 6.07) is 3.30. The van der Waals surface area contributed by atoms with E-state index in [0.29, 0.717) is 18.0 Å². The minimum absolute atomic E-state index is 0.0856. The first-order valence-electron chi connectivity index (χ1n) is 6.96. The maximum Gasteiger partial charge on any atom is 0.308 e. The topological polar surface area (TPSA) is 49.3 Å². The highest BCUT2D eigenvalue weighted by atomic mass is 19.1. The number of carboxylic acid groups (broad SMARTS) is 1. The van der Waals surface area contributed by atoms with Gasteiger partial charge in [0.05, 0.1) is 5.92 Å². The minimum atomic E-state index is -0.764. The number of benzene rings is 1. The van der Waals surface area contributed by atoms with Crippen molar-refractivity contribution in [1.82, 2.24) is 5.32 Å². The number of carbonyl (C=O) groups is 1. The van der Waals surface area contributed by atoms with Crippen molar-refractivity contribution in [3.8, 4) is 0 Å². The van der Waals surface area contributed by atoms with Gasteiger partial charge in [-0.15, -0.1) is 0 Å². The number of hydrogen-bond acceptors (Lipinski definition) is 2. The third-order valence-electron chi connectivity index (χ3n) is 4.67. The molecule has 1 aromatic rings. The van der Waals surface area contributed by atoms with Crippen molar-refractivity contribution in [3.63, 3.8) is 0 Å². The summed E-state index contributed by atoms with van der Waals surface area (Å²) in [6.07, 6.45) is 2.98. The molecule has 3 rings (SSSR count). The van der Waals surface area contributed by atoms with E-state index in [4.69, 9.17) is 0 Å². The molecule has 2 saturated carbocycles. The van der Waals surface area contributed by atoms with Crippen LogP contribution >= 0.6 is 0 Å². The second-order valence-electron chi connectivity index (χ2n) is 5.88. The standard InChI is InChI=1S/C15H17F2NO2/c16-11-3-8(4-12(17)6-11)7-18-14-10-2-1-9(5-10)13(14)15(19)20/h3-4,6,9-10,13-14,18H,1-2,5,7H2,(H,19,20). The fourth-order valence-electron chi connectivity index (χ4n) is 3.89. The molecule has 20 heavy (non-hydrogen) atoms. The second kappa shape index (κ2) is 5.13. The minimum Gasteiger partial charge on any atom is -0.481 e. The lowest BCUT2D eigenvalue weighted by Crippen LogP contribution is -2.43. The number of halogens is 2. The van der Waals surface area contributed by atoms with E-state index in [9.17, 15) is 18.7 Å². The molecule has 2 aliphatic rings. The number of rotatable bonds is 4. The molecule has 2 aliphatic carbocycles. The molecule has 0 spiro atoms. The molecule has 4 atom stereocenters. The van der Waals surface area contributed by atoms with Crippen LogP contribution in [0.4, 0.5) is 8.78 Å². The lowest BCUT2D eigenvalue weighted by molar-refractivity contribution is -0.144.